The first kappa shape index (κ1) is 15.4. The molecule has 0 saturated carbocycles. The molecule has 0 aromatic heterocycles. The van der Waals surface area contributed by atoms with Crippen LogP contribution in [0.3, 0.4) is 0 Å². The summed E-state index contributed by atoms with van der Waals surface area (Å²) in [6.45, 7) is 12.9. The Morgan fingerprint density at radius 1 is 1.44 bits per heavy atom. The molecule has 1 fully saturated rings. The Hall–Kier alpha value is -0.610. The summed E-state index contributed by atoms with van der Waals surface area (Å²) in [6, 6.07) is 0. The Balaban J connectivity index is 2.66. The molecule has 1 unspecified atom stereocenters. The van der Waals surface area contributed by atoms with Crippen LogP contribution in [0.2, 0.25) is 0 Å². The fourth-order valence-electron chi connectivity index (χ4n) is 2.47. The van der Waals surface area contributed by atoms with Crippen LogP contribution in [0.15, 0.2) is 0 Å². The van der Waals surface area contributed by atoms with Gasteiger partial charge >= 0.3 is 0 Å². The van der Waals surface area contributed by atoms with Gasteiger partial charge in [0.05, 0.1) is 18.1 Å². The number of morpholine rings is 1. The van der Waals surface area contributed by atoms with E-state index in [0.717, 1.165) is 6.42 Å². The molecule has 0 radical (unpaired) electrons. The third kappa shape index (κ3) is 4.58. The van der Waals surface area contributed by atoms with Crippen molar-refractivity contribution in [2.75, 3.05) is 26.2 Å². The van der Waals surface area contributed by atoms with Crippen LogP contribution in [0.4, 0.5) is 0 Å². The monoisotopic (exact) mass is 256 g/mol. The largest absolute Gasteiger partial charge is 0.372 e. The van der Waals surface area contributed by atoms with Crippen LogP contribution < -0.4 is 5.73 Å². The molecule has 1 saturated heterocycles. The van der Waals surface area contributed by atoms with E-state index in [0.29, 0.717) is 26.2 Å². The number of rotatable bonds is 3. The molecule has 0 bridgehead atoms. The van der Waals surface area contributed by atoms with Gasteiger partial charge in [0.1, 0.15) is 0 Å². The van der Waals surface area contributed by atoms with Crippen molar-refractivity contribution in [3.05, 3.63) is 0 Å². The normalized spacial score (nSPS) is 21.8. The van der Waals surface area contributed by atoms with Gasteiger partial charge in [-0.05, 0) is 25.7 Å². The van der Waals surface area contributed by atoms with Gasteiger partial charge in [-0.25, -0.2) is 0 Å². The van der Waals surface area contributed by atoms with Gasteiger partial charge in [-0.15, -0.1) is 0 Å². The third-order valence-electron chi connectivity index (χ3n) is 3.23. The molecule has 0 aromatic rings. The van der Waals surface area contributed by atoms with Crippen molar-refractivity contribution in [2.24, 2.45) is 17.1 Å². The summed E-state index contributed by atoms with van der Waals surface area (Å²) in [6.07, 6.45) is 0.833. The highest BCUT2D eigenvalue weighted by Crippen LogP contribution is 2.26. The average molecular weight is 256 g/mol. The highest BCUT2D eigenvalue weighted by atomic mass is 16.5. The van der Waals surface area contributed by atoms with E-state index in [9.17, 15) is 4.79 Å². The summed E-state index contributed by atoms with van der Waals surface area (Å²) < 4.78 is 5.63. The Kier molecular flexibility index (Phi) is 4.78. The van der Waals surface area contributed by atoms with Crippen LogP contribution in [-0.4, -0.2) is 42.6 Å². The summed E-state index contributed by atoms with van der Waals surface area (Å²) >= 11 is 0. The van der Waals surface area contributed by atoms with E-state index in [1.807, 2.05) is 18.7 Å². The van der Waals surface area contributed by atoms with Gasteiger partial charge < -0.3 is 15.4 Å². The molecule has 18 heavy (non-hydrogen) atoms. The number of nitrogens with two attached hydrogens (primary N) is 1. The van der Waals surface area contributed by atoms with Crippen molar-refractivity contribution in [3.63, 3.8) is 0 Å². The van der Waals surface area contributed by atoms with Crippen molar-refractivity contribution in [1.29, 1.82) is 0 Å². The van der Waals surface area contributed by atoms with Gasteiger partial charge in [-0.3, -0.25) is 4.79 Å². The number of amides is 1. The quantitative estimate of drug-likeness (QED) is 0.835. The van der Waals surface area contributed by atoms with Gasteiger partial charge in [-0.1, -0.05) is 20.8 Å². The van der Waals surface area contributed by atoms with E-state index in [1.165, 1.54) is 0 Å². The van der Waals surface area contributed by atoms with Gasteiger partial charge in [0.2, 0.25) is 5.91 Å². The fourth-order valence-corrected chi connectivity index (χ4v) is 2.47. The summed E-state index contributed by atoms with van der Waals surface area (Å²) in [7, 11) is 0. The minimum Gasteiger partial charge on any atom is -0.372 e. The summed E-state index contributed by atoms with van der Waals surface area (Å²) in [4.78, 5) is 14.4. The van der Waals surface area contributed by atoms with E-state index < -0.39 is 0 Å². The smallest absolute Gasteiger partial charge is 0.227 e. The zero-order chi connectivity index (χ0) is 14.0. The van der Waals surface area contributed by atoms with Crippen LogP contribution >= 0.6 is 0 Å². The van der Waals surface area contributed by atoms with Crippen molar-refractivity contribution >= 4 is 5.91 Å². The molecule has 0 aromatic carbocycles. The highest BCUT2D eigenvalue weighted by molar-refractivity contribution is 5.79. The number of hydrogen-bond acceptors (Lipinski definition) is 3. The molecule has 1 aliphatic rings. The SMILES string of the molecule is CC(C)(C)CC(CN)C(=O)N1CCOC(C)(C)C1. The van der Waals surface area contributed by atoms with Crippen molar-refractivity contribution < 1.29 is 9.53 Å². The summed E-state index contributed by atoms with van der Waals surface area (Å²) in [5.41, 5.74) is 5.66. The number of carbonyl (C=O) groups is 1. The summed E-state index contributed by atoms with van der Waals surface area (Å²) in [5, 5.41) is 0. The predicted octanol–water partition coefficient (Wildman–Crippen LogP) is 1.63. The Morgan fingerprint density at radius 2 is 2.06 bits per heavy atom. The molecule has 106 valence electrons. The lowest BCUT2D eigenvalue weighted by atomic mass is 9.84. The highest BCUT2D eigenvalue weighted by Gasteiger charge is 2.34. The van der Waals surface area contributed by atoms with Crippen LogP contribution in [0.1, 0.15) is 41.0 Å². The van der Waals surface area contributed by atoms with Gasteiger partial charge in [0.15, 0.2) is 0 Å². The molecule has 1 heterocycles. The van der Waals surface area contributed by atoms with Crippen LogP contribution in [-0.2, 0) is 9.53 Å². The Labute approximate surface area is 111 Å². The van der Waals surface area contributed by atoms with Gasteiger partial charge in [-0.2, -0.15) is 0 Å². The first-order valence-electron chi connectivity index (χ1n) is 6.77. The maximum atomic E-state index is 12.5. The molecule has 1 amide bonds. The zero-order valence-corrected chi connectivity index (χ0v) is 12.5. The zero-order valence-electron chi connectivity index (χ0n) is 12.5. The maximum Gasteiger partial charge on any atom is 0.227 e. The lowest BCUT2D eigenvalue weighted by molar-refractivity contribution is -0.150. The molecule has 1 atom stereocenters. The molecular weight excluding hydrogens is 228 g/mol. The first-order chi connectivity index (χ1) is 8.14. The van der Waals surface area contributed by atoms with E-state index in [1.54, 1.807) is 0 Å². The van der Waals surface area contributed by atoms with E-state index in [4.69, 9.17) is 10.5 Å². The standard InChI is InChI=1S/C14H28N2O2/c1-13(2,3)8-11(9-15)12(17)16-6-7-18-14(4,5)10-16/h11H,6-10,15H2,1-5H3. The van der Waals surface area contributed by atoms with Crippen molar-refractivity contribution in [3.8, 4) is 0 Å². The van der Waals surface area contributed by atoms with Crippen LogP contribution in [0, 0.1) is 11.3 Å². The van der Waals surface area contributed by atoms with Crippen LogP contribution in [0.25, 0.3) is 0 Å². The predicted molar refractivity (Wildman–Crippen MR) is 73.2 cm³/mol. The van der Waals surface area contributed by atoms with Crippen molar-refractivity contribution in [2.45, 2.75) is 46.6 Å². The lowest BCUT2D eigenvalue weighted by Gasteiger charge is -2.40. The molecule has 4 nitrogen and oxygen atoms in total. The average Bonchev–Trinajstić information content (AvgIpc) is 2.22. The van der Waals surface area contributed by atoms with Gasteiger partial charge in [0.25, 0.3) is 0 Å². The minimum atomic E-state index is -0.241. The Bertz CT molecular complexity index is 289. The number of ether oxygens (including phenoxy) is 1. The second kappa shape index (κ2) is 5.57. The molecule has 1 aliphatic heterocycles. The molecule has 4 heteroatoms. The number of nitrogens with zero attached hydrogens (tertiary/aromatic N) is 1. The minimum absolute atomic E-state index is 0.0705. The van der Waals surface area contributed by atoms with E-state index >= 15 is 0 Å². The molecule has 0 spiro atoms. The second-order valence-corrected chi connectivity index (χ2v) is 7.07. The molecule has 2 N–H and O–H groups in total. The maximum absolute atomic E-state index is 12.5. The number of carbonyl (C=O) groups excluding carboxylic acids is 1. The fraction of sp³-hybridized carbons (Fsp3) is 0.929. The summed E-state index contributed by atoms with van der Waals surface area (Å²) in [5.74, 6) is 0.114. The van der Waals surface area contributed by atoms with Gasteiger partial charge in [0, 0.05) is 19.6 Å². The first-order valence-corrected chi connectivity index (χ1v) is 6.77. The van der Waals surface area contributed by atoms with E-state index in [-0.39, 0.29) is 22.8 Å². The molecular formula is C14H28N2O2. The second-order valence-electron chi connectivity index (χ2n) is 7.07. The third-order valence-corrected chi connectivity index (χ3v) is 3.23. The topological polar surface area (TPSA) is 55.6 Å². The lowest BCUT2D eigenvalue weighted by Crippen LogP contribution is -2.53. The number of hydrogen-bond donors (Lipinski definition) is 1. The molecule has 0 aliphatic carbocycles. The molecule has 1 rings (SSSR count). The van der Waals surface area contributed by atoms with Crippen molar-refractivity contribution in [1.82, 2.24) is 4.90 Å². The van der Waals surface area contributed by atoms with E-state index in [2.05, 4.69) is 20.8 Å². The Morgan fingerprint density at radius 3 is 2.50 bits per heavy atom. The van der Waals surface area contributed by atoms with Crippen LogP contribution in [0.5, 0.6) is 0 Å².